The molecular weight excluding hydrogens is 306 g/mol. The van der Waals surface area contributed by atoms with Crippen LogP contribution in [0.5, 0.6) is 0 Å². The molecule has 0 aliphatic heterocycles. The number of aromatic nitrogens is 1. The molecule has 0 fully saturated rings. The minimum absolute atomic E-state index is 0.141. The van der Waals surface area contributed by atoms with Crippen molar-refractivity contribution < 1.29 is 4.79 Å². The van der Waals surface area contributed by atoms with Crippen LogP contribution in [0.4, 0.5) is 0 Å². The Hall–Kier alpha value is -2.24. The molecule has 2 heterocycles. The van der Waals surface area contributed by atoms with Crippen molar-refractivity contribution >= 4 is 28.1 Å². The molecule has 0 aliphatic carbocycles. The Morgan fingerprint density at radius 2 is 2.04 bits per heavy atom. The van der Waals surface area contributed by atoms with Crippen LogP contribution < -0.4 is 5.32 Å². The monoisotopic (exact) mass is 325 g/mol. The van der Waals surface area contributed by atoms with Crippen LogP contribution in [0.25, 0.3) is 10.9 Å². The van der Waals surface area contributed by atoms with Crippen molar-refractivity contribution in [1.82, 2.24) is 15.2 Å². The van der Waals surface area contributed by atoms with Crippen molar-refractivity contribution in [2.24, 2.45) is 0 Å². The van der Waals surface area contributed by atoms with Gasteiger partial charge in [-0.1, -0.05) is 24.3 Å². The number of para-hydroxylation sites is 1. The topological polar surface area (TPSA) is 45.2 Å². The molecule has 118 valence electrons. The fraction of sp³-hybridized carbons (Fsp3) is 0.222. The Labute approximate surface area is 139 Å². The first kappa shape index (κ1) is 15.6. The Balaban J connectivity index is 1.72. The van der Waals surface area contributed by atoms with Crippen molar-refractivity contribution in [2.75, 3.05) is 20.6 Å². The minimum Gasteiger partial charge on any atom is -0.349 e. The number of hydrogen-bond acceptors (Lipinski definition) is 4. The number of rotatable bonds is 5. The number of amides is 1. The van der Waals surface area contributed by atoms with Crippen LogP contribution in [0, 0.1) is 0 Å². The normalized spacial score (nSPS) is 12.5. The van der Waals surface area contributed by atoms with Crippen molar-refractivity contribution in [3.63, 3.8) is 0 Å². The van der Waals surface area contributed by atoms with E-state index in [2.05, 4.69) is 32.0 Å². The molecule has 5 heteroatoms. The van der Waals surface area contributed by atoms with Gasteiger partial charge in [0.1, 0.15) is 5.69 Å². The summed E-state index contributed by atoms with van der Waals surface area (Å²) in [7, 11) is 4.03. The summed E-state index contributed by atoms with van der Waals surface area (Å²) in [5.41, 5.74) is 2.50. The maximum Gasteiger partial charge on any atom is 0.269 e. The Morgan fingerprint density at radius 3 is 2.78 bits per heavy atom. The summed E-state index contributed by atoms with van der Waals surface area (Å²) >= 11 is 1.67. The smallest absolute Gasteiger partial charge is 0.269 e. The van der Waals surface area contributed by atoms with Crippen LogP contribution in [0.1, 0.15) is 22.1 Å². The Kier molecular flexibility index (Phi) is 4.69. The maximum atomic E-state index is 12.4. The highest BCUT2D eigenvalue weighted by molar-refractivity contribution is 7.07. The SMILES string of the molecule is CN(C)[C@@H](CNC(=O)c1ccc2ccccc2n1)c1ccsc1. The number of benzene rings is 1. The summed E-state index contributed by atoms with van der Waals surface area (Å²) in [6.45, 7) is 0.553. The Bertz CT molecular complexity index is 799. The van der Waals surface area contributed by atoms with Crippen LogP contribution >= 0.6 is 11.3 Å². The largest absolute Gasteiger partial charge is 0.349 e. The van der Waals surface area contributed by atoms with E-state index in [4.69, 9.17) is 0 Å². The predicted molar refractivity (Wildman–Crippen MR) is 94.8 cm³/mol. The van der Waals surface area contributed by atoms with E-state index in [1.54, 1.807) is 17.4 Å². The number of thiophene rings is 1. The first-order chi connectivity index (χ1) is 11.1. The van der Waals surface area contributed by atoms with Crippen LogP contribution in [0.15, 0.2) is 53.2 Å². The van der Waals surface area contributed by atoms with Gasteiger partial charge in [-0.15, -0.1) is 0 Å². The fourth-order valence-corrected chi connectivity index (χ4v) is 3.24. The molecule has 2 aromatic heterocycles. The summed E-state index contributed by atoms with van der Waals surface area (Å²) in [4.78, 5) is 18.9. The zero-order chi connectivity index (χ0) is 16.2. The molecule has 0 spiro atoms. The molecule has 0 aliphatic rings. The number of carbonyl (C=O) groups is 1. The maximum absolute atomic E-state index is 12.4. The van der Waals surface area contributed by atoms with Crippen LogP contribution in [0.2, 0.25) is 0 Å². The van der Waals surface area contributed by atoms with E-state index < -0.39 is 0 Å². The molecular formula is C18H19N3OS. The number of fused-ring (bicyclic) bond motifs is 1. The van der Waals surface area contributed by atoms with Gasteiger partial charge in [-0.05, 0) is 48.6 Å². The lowest BCUT2D eigenvalue weighted by Crippen LogP contribution is -2.34. The standard InChI is InChI=1S/C18H19N3OS/c1-21(2)17(14-9-10-23-12-14)11-19-18(22)16-8-7-13-5-3-4-6-15(13)20-16/h3-10,12,17H,11H2,1-2H3,(H,19,22)/t17-/m0/s1. The average molecular weight is 325 g/mol. The van der Waals surface area contributed by atoms with E-state index in [1.165, 1.54) is 5.56 Å². The van der Waals surface area contributed by atoms with Crippen LogP contribution in [0.3, 0.4) is 0 Å². The predicted octanol–water partition coefficient (Wildman–Crippen LogP) is 3.33. The van der Waals surface area contributed by atoms with Gasteiger partial charge in [-0.25, -0.2) is 4.98 Å². The van der Waals surface area contributed by atoms with Crippen LogP contribution in [-0.4, -0.2) is 36.4 Å². The summed E-state index contributed by atoms with van der Waals surface area (Å²) in [6, 6.07) is 13.7. The molecule has 3 rings (SSSR count). The van der Waals surface area contributed by atoms with E-state index in [0.29, 0.717) is 12.2 Å². The second-order valence-electron chi connectivity index (χ2n) is 5.64. The number of nitrogens with zero attached hydrogens (tertiary/aromatic N) is 2. The number of likely N-dealkylation sites (N-methyl/N-ethyl adjacent to an activating group) is 1. The first-order valence-electron chi connectivity index (χ1n) is 7.47. The van der Waals surface area contributed by atoms with E-state index >= 15 is 0 Å². The van der Waals surface area contributed by atoms with Crippen LogP contribution in [-0.2, 0) is 0 Å². The van der Waals surface area contributed by atoms with Gasteiger partial charge in [0.2, 0.25) is 0 Å². The third kappa shape index (κ3) is 3.57. The van der Waals surface area contributed by atoms with Gasteiger partial charge >= 0.3 is 0 Å². The van der Waals surface area contributed by atoms with Crippen molar-refractivity contribution in [3.05, 3.63) is 64.5 Å². The second kappa shape index (κ2) is 6.89. The van der Waals surface area contributed by atoms with E-state index in [0.717, 1.165) is 10.9 Å². The zero-order valence-corrected chi connectivity index (χ0v) is 14.0. The Morgan fingerprint density at radius 1 is 1.22 bits per heavy atom. The fourth-order valence-electron chi connectivity index (χ4n) is 2.54. The quantitative estimate of drug-likeness (QED) is 0.782. The molecule has 0 saturated carbocycles. The van der Waals surface area contributed by atoms with Crippen molar-refractivity contribution in [3.8, 4) is 0 Å². The lowest BCUT2D eigenvalue weighted by Gasteiger charge is -2.23. The lowest BCUT2D eigenvalue weighted by atomic mass is 10.1. The number of hydrogen-bond donors (Lipinski definition) is 1. The molecule has 0 radical (unpaired) electrons. The highest BCUT2D eigenvalue weighted by atomic mass is 32.1. The first-order valence-corrected chi connectivity index (χ1v) is 8.42. The molecule has 1 atom stereocenters. The molecule has 3 aromatic rings. The van der Waals surface area contributed by atoms with E-state index in [9.17, 15) is 4.79 Å². The zero-order valence-electron chi connectivity index (χ0n) is 13.2. The van der Waals surface area contributed by atoms with E-state index in [-0.39, 0.29) is 11.9 Å². The molecule has 1 N–H and O–H groups in total. The molecule has 23 heavy (non-hydrogen) atoms. The number of pyridine rings is 1. The highest BCUT2D eigenvalue weighted by Crippen LogP contribution is 2.20. The van der Waals surface area contributed by atoms with Crippen molar-refractivity contribution in [1.29, 1.82) is 0 Å². The van der Waals surface area contributed by atoms with E-state index in [1.807, 2.05) is 44.4 Å². The average Bonchev–Trinajstić information content (AvgIpc) is 3.08. The summed E-state index contributed by atoms with van der Waals surface area (Å²) < 4.78 is 0. The van der Waals surface area contributed by atoms with Crippen molar-refractivity contribution in [2.45, 2.75) is 6.04 Å². The summed E-state index contributed by atoms with van der Waals surface area (Å²) in [6.07, 6.45) is 0. The molecule has 0 bridgehead atoms. The van der Waals surface area contributed by atoms with Gasteiger partial charge in [0.15, 0.2) is 0 Å². The van der Waals surface area contributed by atoms with Gasteiger partial charge in [0.05, 0.1) is 11.6 Å². The lowest BCUT2D eigenvalue weighted by molar-refractivity contribution is 0.0937. The molecule has 0 unspecified atom stereocenters. The highest BCUT2D eigenvalue weighted by Gasteiger charge is 2.16. The third-order valence-corrected chi connectivity index (χ3v) is 4.54. The number of nitrogens with one attached hydrogen (secondary N) is 1. The molecule has 4 nitrogen and oxygen atoms in total. The second-order valence-corrected chi connectivity index (χ2v) is 6.42. The molecule has 1 amide bonds. The van der Waals surface area contributed by atoms with Gasteiger partial charge in [-0.2, -0.15) is 11.3 Å². The molecule has 1 aromatic carbocycles. The van der Waals surface area contributed by atoms with Gasteiger partial charge < -0.3 is 10.2 Å². The minimum atomic E-state index is -0.141. The summed E-state index contributed by atoms with van der Waals surface area (Å²) in [5.74, 6) is -0.141. The summed E-state index contributed by atoms with van der Waals surface area (Å²) in [5, 5.41) is 8.20. The number of carbonyl (C=O) groups excluding carboxylic acids is 1. The van der Waals surface area contributed by atoms with Gasteiger partial charge in [0.25, 0.3) is 5.91 Å². The third-order valence-electron chi connectivity index (χ3n) is 3.84. The molecule has 0 saturated heterocycles. The van der Waals surface area contributed by atoms with Gasteiger partial charge in [-0.3, -0.25) is 4.79 Å². The van der Waals surface area contributed by atoms with Gasteiger partial charge in [0, 0.05) is 11.9 Å².